The lowest BCUT2D eigenvalue weighted by Gasteiger charge is -2.53. The van der Waals surface area contributed by atoms with Gasteiger partial charge >= 0.3 is 34.2 Å². The van der Waals surface area contributed by atoms with Crippen molar-refractivity contribution in [2.75, 3.05) is 0 Å². The fraction of sp³-hybridized carbons (Fsp3) is 0. The Labute approximate surface area is 404 Å². The lowest BCUT2D eigenvalue weighted by molar-refractivity contribution is 0.268. The van der Waals surface area contributed by atoms with Crippen LogP contribution in [0.2, 0.25) is 0 Å². The van der Waals surface area contributed by atoms with E-state index in [1.165, 1.54) is 11.1 Å². The Morgan fingerprint density at radius 3 is 0.397 bits per heavy atom. The highest BCUT2D eigenvalue weighted by molar-refractivity contribution is 7.16. The number of hydrogen-bond acceptors (Lipinski definition) is 4. The molecule has 0 atom stereocenters. The molecule has 0 N–H and O–H groups in total. The van der Waals surface area contributed by atoms with Crippen LogP contribution < -0.4 is 41.5 Å². The van der Waals surface area contributed by atoms with Crippen molar-refractivity contribution in [3.8, 4) is 11.1 Å². The summed E-state index contributed by atoms with van der Waals surface area (Å²) < 4.78 is 33.7. The summed E-state index contributed by atoms with van der Waals surface area (Å²) in [5.74, 6) is 0. The summed E-state index contributed by atoms with van der Waals surface area (Å²) >= 11 is 0. The van der Waals surface area contributed by atoms with Gasteiger partial charge in [-0.25, -0.2) is 0 Å². The van der Waals surface area contributed by atoms with Crippen molar-refractivity contribution in [1.29, 1.82) is 0 Å². The van der Waals surface area contributed by atoms with E-state index in [9.17, 15) is 0 Å². The Morgan fingerprint density at radius 2 is 0.265 bits per heavy atom. The molecule has 0 spiro atoms. The molecule has 8 heteroatoms. The van der Waals surface area contributed by atoms with E-state index in [2.05, 4.69) is 243 Å². The second kappa shape index (κ2) is 20.4. The van der Waals surface area contributed by atoms with Crippen LogP contribution >= 0.6 is 0 Å². The standard InChI is InChI=1S/C48H40O4Si4.C12H10/c1-9-25-41(26-10-1)53(42-27-11-2-12-28-42)49-54(43-29-13-3-14-30-43,44-31-15-4-16-32-44)51-56(47-37-21-7-22-38-47,48-39-23-8-24-40-48)52-55(50-53,45-33-17-5-18-34-45)46-35-19-6-20-36-46;1-3-7-11(8-4-1)12-9-5-2-6-10-12/h1-40H;1-10H. The van der Waals surface area contributed by atoms with E-state index in [0.717, 1.165) is 41.5 Å². The van der Waals surface area contributed by atoms with Gasteiger partial charge in [0, 0.05) is 0 Å². The molecule has 0 unspecified atom stereocenters. The predicted octanol–water partition coefficient (Wildman–Crippen LogP) is 8.45. The summed E-state index contributed by atoms with van der Waals surface area (Å²) in [6, 6.07) is 105. The van der Waals surface area contributed by atoms with Crippen LogP contribution in [0, 0.1) is 0 Å². The molecule has 0 aromatic heterocycles. The van der Waals surface area contributed by atoms with Gasteiger partial charge in [-0.3, -0.25) is 0 Å². The lowest BCUT2D eigenvalue weighted by Crippen LogP contribution is -2.88. The monoisotopic (exact) mass is 946 g/mol. The second-order valence-electron chi connectivity index (χ2n) is 16.5. The summed E-state index contributed by atoms with van der Waals surface area (Å²) in [4.78, 5) is 0. The Hall–Kier alpha value is -7.09. The zero-order valence-electron chi connectivity index (χ0n) is 37.5. The van der Waals surface area contributed by atoms with Gasteiger partial charge in [0.15, 0.2) is 0 Å². The van der Waals surface area contributed by atoms with E-state index in [4.69, 9.17) is 16.5 Å². The summed E-state index contributed by atoms with van der Waals surface area (Å²) in [5, 5.41) is 7.77. The molecule has 0 bridgehead atoms. The first kappa shape index (κ1) is 44.7. The topological polar surface area (TPSA) is 36.9 Å². The maximum absolute atomic E-state index is 8.43. The molecule has 0 radical (unpaired) electrons. The van der Waals surface area contributed by atoms with Crippen molar-refractivity contribution < 1.29 is 16.5 Å². The van der Waals surface area contributed by atoms with Gasteiger partial charge in [0.1, 0.15) is 0 Å². The highest BCUT2D eigenvalue weighted by Crippen LogP contribution is 2.32. The zero-order valence-corrected chi connectivity index (χ0v) is 41.5. The van der Waals surface area contributed by atoms with Crippen LogP contribution in [-0.4, -0.2) is 34.2 Å². The molecule has 1 heterocycles. The molecule has 1 aliphatic heterocycles. The van der Waals surface area contributed by atoms with Crippen molar-refractivity contribution >= 4 is 75.7 Å². The highest BCUT2D eigenvalue weighted by atomic mass is 28.5. The van der Waals surface area contributed by atoms with Crippen LogP contribution in [0.1, 0.15) is 0 Å². The third-order valence-corrected chi connectivity index (χ3v) is 30.2. The van der Waals surface area contributed by atoms with Crippen molar-refractivity contribution in [1.82, 2.24) is 0 Å². The first-order valence-electron chi connectivity index (χ1n) is 23.0. The molecule has 1 aliphatic rings. The van der Waals surface area contributed by atoms with Crippen molar-refractivity contribution in [3.63, 3.8) is 0 Å². The summed E-state index contributed by atoms with van der Waals surface area (Å²) in [6.07, 6.45) is 0. The van der Waals surface area contributed by atoms with Crippen molar-refractivity contribution in [2.24, 2.45) is 0 Å². The summed E-state index contributed by atoms with van der Waals surface area (Å²) in [7, 11) is -15.6. The Morgan fingerprint density at radius 1 is 0.147 bits per heavy atom. The Balaban J connectivity index is 0.000000390. The number of rotatable bonds is 9. The SMILES string of the molecule is c1ccc(-c2ccccc2)cc1.c1ccc([Si]2(c3ccccc3)O[Si](c3ccccc3)(c3ccccc3)O[Si](c3ccccc3)(c3ccccc3)O[Si](c3ccccc3)(c3ccccc3)O2)cc1. The fourth-order valence-electron chi connectivity index (χ4n) is 9.02. The third-order valence-electron chi connectivity index (χ3n) is 12.3. The van der Waals surface area contributed by atoms with Crippen LogP contribution in [-0.2, 0) is 16.5 Å². The minimum Gasteiger partial charge on any atom is -0.402 e. The molecule has 0 aliphatic carbocycles. The van der Waals surface area contributed by atoms with Crippen LogP contribution in [0.3, 0.4) is 0 Å². The molecule has 10 aromatic rings. The van der Waals surface area contributed by atoms with Gasteiger partial charge in [0.25, 0.3) is 0 Å². The Kier molecular flexibility index (Phi) is 13.4. The van der Waals surface area contributed by atoms with Crippen molar-refractivity contribution in [3.05, 3.63) is 303 Å². The molecule has 11 rings (SSSR count). The van der Waals surface area contributed by atoms with Crippen LogP contribution in [0.4, 0.5) is 0 Å². The van der Waals surface area contributed by atoms with E-state index in [1.807, 2.05) is 60.7 Å². The van der Waals surface area contributed by atoms with Gasteiger partial charge in [0.2, 0.25) is 0 Å². The predicted molar refractivity (Wildman–Crippen MR) is 288 cm³/mol. The number of benzene rings is 10. The van der Waals surface area contributed by atoms with E-state index in [1.54, 1.807) is 0 Å². The maximum Gasteiger partial charge on any atom is 0.390 e. The molecule has 330 valence electrons. The van der Waals surface area contributed by atoms with Gasteiger partial charge in [0.05, 0.1) is 0 Å². The van der Waals surface area contributed by atoms with E-state index in [-0.39, 0.29) is 0 Å². The van der Waals surface area contributed by atoms with E-state index < -0.39 is 34.2 Å². The van der Waals surface area contributed by atoms with Gasteiger partial charge in [-0.1, -0.05) is 303 Å². The molecule has 1 fully saturated rings. The first-order chi connectivity index (χ1) is 33.6. The molecular formula is C60H50O4Si4. The fourth-order valence-corrected chi connectivity index (χ4v) is 31.6. The maximum atomic E-state index is 8.43. The van der Waals surface area contributed by atoms with Crippen LogP contribution in [0.25, 0.3) is 11.1 Å². The molecule has 68 heavy (non-hydrogen) atoms. The normalized spacial score (nSPS) is 15.6. The van der Waals surface area contributed by atoms with E-state index >= 15 is 0 Å². The quantitative estimate of drug-likeness (QED) is 0.136. The molecule has 1 saturated heterocycles. The van der Waals surface area contributed by atoms with Gasteiger partial charge in [-0.15, -0.1) is 0 Å². The Bertz CT molecular complexity index is 2520. The second-order valence-corrected chi connectivity index (χ2v) is 29.4. The molecule has 4 nitrogen and oxygen atoms in total. The third kappa shape index (κ3) is 8.91. The average molecular weight is 947 g/mol. The smallest absolute Gasteiger partial charge is 0.390 e. The summed E-state index contributed by atoms with van der Waals surface area (Å²) in [6.45, 7) is 0. The van der Waals surface area contributed by atoms with Gasteiger partial charge in [-0.05, 0) is 52.6 Å². The van der Waals surface area contributed by atoms with Crippen LogP contribution in [0.5, 0.6) is 0 Å². The van der Waals surface area contributed by atoms with Crippen LogP contribution in [0.15, 0.2) is 303 Å². The molecular weight excluding hydrogens is 897 g/mol. The highest BCUT2D eigenvalue weighted by Gasteiger charge is 2.67. The minimum absolute atomic E-state index is 0.972. The number of hydrogen-bond donors (Lipinski definition) is 0. The van der Waals surface area contributed by atoms with Gasteiger partial charge < -0.3 is 16.5 Å². The van der Waals surface area contributed by atoms with Gasteiger partial charge in [-0.2, -0.15) is 0 Å². The lowest BCUT2D eigenvalue weighted by atomic mass is 10.1. The summed E-state index contributed by atoms with van der Waals surface area (Å²) in [5.41, 5.74) is 2.55. The zero-order chi connectivity index (χ0) is 46.0. The first-order valence-corrected chi connectivity index (χ1v) is 30.3. The molecule has 10 aromatic carbocycles. The minimum atomic E-state index is -3.89. The molecule has 0 saturated carbocycles. The average Bonchev–Trinajstić information content (AvgIpc) is 3.44. The molecule has 0 amide bonds. The van der Waals surface area contributed by atoms with E-state index in [0.29, 0.717) is 0 Å². The largest absolute Gasteiger partial charge is 0.402 e. The van der Waals surface area contributed by atoms with Crippen molar-refractivity contribution in [2.45, 2.75) is 0 Å².